The van der Waals surface area contributed by atoms with Gasteiger partial charge in [0, 0.05) is 19.6 Å². The van der Waals surface area contributed by atoms with Gasteiger partial charge in [0.1, 0.15) is 0 Å². The molecule has 0 unspecified atom stereocenters. The number of nitrogens with zero attached hydrogens (tertiary/aromatic N) is 1. The van der Waals surface area contributed by atoms with Gasteiger partial charge >= 0.3 is 0 Å². The van der Waals surface area contributed by atoms with Crippen molar-refractivity contribution in [1.29, 1.82) is 0 Å². The third kappa shape index (κ3) is 5.27. The molecule has 1 N–H and O–H groups in total. The lowest BCUT2D eigenvalue weighted by Crippen LogP contribution is -2.45. The van der Waals surface area contributed by atoms with E-state index in [1.54, 1.807) is 0 Å². The molecule has 0 atom stereocenters. The Balaban J connectivity index is 2.54. The molecule has 0 radical (unpaired) electrons. The monoisotopic (exact) mass is 254 g/mol. The molecule has 0 spiro atoms. The van der Waals surface area contributed by atoms with Gasteiger partial charge in [0.15, 0.2) is 0 Å². The van der Waals surface area contributed by atoms with Crippen molar-refractivity contribution < 1.29 is 0 Å². The first-order valence-corrected chi connectivity index (χ1v) is 7.86. The molecule has 0 aromatic rings. The van der Waals surface area contributed by atoms with Crippen molar-refractivity contribution in [2.24, 2.45) is 17.3 Å². The number of hydrogen-bond acceptors (Lipinski definition) is 2. The molecule has 1 saturated carbocycles. The molecule has 2 nitrogen and oxygen atoms in total. The van der Waals surface area contributed by atoms with E-state index in [9.17, 15) is 0 Å². The highest BCUT2D eigenvalue weighted by atomic mass is 15.1. The van der Waals surface area contributed by atoms with Gasteiger partial charge in [-0.3, -0.25) is 0 Å². The summed E-state index contributed by atoms with van der Waals surface area (Å²) in [6.45, 7) is 14.1. The maximum absolute atomic E-state index is 3.61. The van der Waals surface area contributed by atoms with Crippen LogP contribution in [0.15, 0.2) is 0 Å². The first-order chi connectivity index (χ1) is 8.47. The molecule has 1 fully saturated rings. The molecule has 2 heteroatoms. The van der Waals surface area contributed by atoms with Crippen LogP contribution >= 0.6 is 0 Å². The summed E-state index contributed by atoms with van der Waals surface area (Å²) in [5, 5.41) is 3.61. The van der Waals surface area contributed by atoms with Crippen molar-refractivity contribution in [2.75, 3.05) is 33.2 Å². The summed E-state index contributed by atoms with van der Waals surface area (Å²) in [5.74, 6) is 1.71. The summed E-state index contributed by atoms with van der Waals surface area (Å²) in [5.41, 5.74) is 0.534. The number of hydrogen-bond donors (Lipinski definition) is 1. The largest absolute Gasteiger partial charge is 0.316 e. The molecule has 0 amide bonds. The molecular weight excluding hydrogens is 220 g/mol. The topological polar surface area (TPSA) is 15.3 Å². The van der Waals surface area contributed by atoms with Gasteiger partial charge in [0.05, 0.1) is 0 Å². The van der Waals surface area contributed by atoms with Gasteiger partial charge in [-0.15, -0.1) is 0 Å². The van der Waals surface area contributed by atoms with E-state index < -0.39 is 0 Å². The van der Waals surface area contributed by atoms with Gasteiger partial charge in [-0.05, 0) is 43.7 Å². The zero-order valence-electron chi connectivity index (χ0n) is 13.3. The normalized spacial score (nSPS) is 29.2. The molecule has 0 aliphatic heterocycles. The highest BCUT2D eigenvalue weighted by Gasteiger charge is 2.34. The quantitative estimate of drug-likeness (QED) is 0.749. The van der Waals surface area contributed by atoms with Crippen molar-refractivity contribution in [3.8, 4) is 0 Å². The molecule has 1 rings (SSSR count). The van der Waals surface area contributed by atoms with E-state index >= 15 is 0 Å². The van der Waals surface area contributed by atoms with Gasteiger partial charge in [-0.2, -0.15) is 0 Å². The zero-order valence-corrected chi connectivity index (χ0v) is 13.3. The van der Waals surface area contributed by atoms with Crippen LogP contribution in [0, 0.1) is 17.3 Å². The second kappa shape index (κ2) is 7.49. The Morgan fingerprint density at radius 2 is 1.89 bits per heavy atom. The van der Waals surface area contributed by atoms with Crippen LogP contribution in [0.5, 0.6) is 0 Å². The lowest BCUT2D eigenvalue weighted by atomic mass is 9.70. The second-order valence-corrected chi connectivity index (χ2v) is 7.05. The van der Waals surface area contributed by atoms with Crippen LogP contribution in [-0.2, 0) is 0 Å². The fourth-order valence-corrected chi connectivity index (χ4v) is 3.42. The number of rotatable bonds is 7. The third-order valence-corrected chi connectivity index (χ3v) is 4.37. The minimum absolute atomic E-state index is 0.534. The molecule has 1 aliphatic carbocycles. The fraction of sp³-hybridized carbons (Fsp3) is 1.00. The van der Waals surface area contributed by atoms with Crippen LogP contribution in [0.4, 0.5) is 0 Å². The van der Waals surface area contributed by atoms with Gasteiger partial charge in [-0.1, -0.05) is 40.5 Å². The first-order valence-electron chi connectivity index (χ1n) is 7.86. The molecule has 18 heavy (non-hydrogen) atoms. The highest BCUT2D eigenvalue weighted by molar-refractivity contribution is 4.89. The van der Waals surface area contributed by atoms with Crippen molar-refractivity contribution in [2.45, 2.75) is 53.4 Å². The highest BCUT2D eigenvalue weighted by Crippen LogP contribution is 2.39. The molecule has 108 valence electrons. The Hall–Kier alpha value is -0.0800. The van der Waals surface area contributed by atoms with Crippen LogP contribution in [-0.4, -0.2) is 38.1 Å². The van der Waals surface area contributed by atoms with Crippen LogP contribution in [0.25, 0.3) is 0 Å². The van der Waals surface area contributed by atoms with E-state index in [0.717, 1.165) is 18.4 Å². The Morgan fingerprint density at radius 3 is 2.39 bits per heavy atom. The summed E-state index contributed by atoms with van der Waals surface area (Å²) >= 11 is 0. The van der Waals surface area contributed by atoms with E-state index in [1.165, 1.54) is 45.3 Å². The maximum Gasteiger partial charge on any atom is 0.00472 e. The lowest BCUT2D eigenvalue weighted by Gasteiger charge is -2.42. The average Bonchev–Trinajstić information content (AvgIpc) is 2.29. The maximum atomic E-state index is 3.61. The Kier molecular flexibility index (Phi) is 6.65. The standard InChI is InChI=1S/C16H34N2/c1-6-17-12-16(9-7-15(4)8-10-16)13-18(5)11-14(2)3/h14-15,17H,6-13H2,1-5H3. The summed E-state index contributed by atoms with van der Waals surface area (Å²) in [4.78, 5) is 2.55. The third-order valence-electron chi connectivity index (χ3n) is 4.37. The van der Waals surface area contributed by atoms with Gasteiger partial charge in [-0.25, -0.2) is 0 Å². The minimum Gasteiger partial charge on any atom is -0.316 e. The summed E-state index contributed by atoms with van der Waals surface area (Å²) in [6, 6.07) is 0. The van der Waals surface area contributed by atoms with Crippen LogP contribution in [0.1, 0.15) is 53.4 Å². The molecule has 0 bridgehead atoms. The van der Waals surface area contributed by atoms with Crippen molar-refractivity contribution in [3.05, 3.63) is 0 Å². The SMILES string of the molecule is CCNCC1(CN(C)CC(C)C)CCC(C)CC1. The summed E-state index contributed by atoms with van der Waals surface area (Å²) < 4.78 is 0. The van der Waals surface area contributed by atoms with E-state index in [2.05, 4.69) is 45.0 Å². The Morgan fingerprint density at radius 1 is 1.28 bits per heavy atom. The molecule has 0 heterocycles. The van der Waals surface area contributed by atoms with Crippen molar-refractivity contribution in [3.63, 3.8) is 0 Å². The van der Waals surface area contributed by atoms with Crippen molar-refractivity contribution in [1.82, 2.24) is 10.2 Å². The zero-order chi connectivity index (χ0) is 13.6. The molecule has 0 aromatic carbocycles. The van der Waals surface area contributed by atoms with E-state index in [0.29, 0.717) is 5.41 Å². The van der Waals surface area contributed by atoms with E-state index in [1.807, 2.05) is 0 Å². The van der Waals surface area contributed by atoms with E-state index in [4.69, 9.17) is 0 Å². The van der Waals surface area contributed by atoms with E-state index in [-0.39, 0.29) is 0 Å². The Bertz CT molecular complexity index is 212. The first kappa shape index (κ1) is 16.0. The smallest absolute Gasteiger partial charge is 0.00472 e. The average molecular weight is 254 g/mol. The second-order valence-electron chi connectivity index (χ2n) is 7.05. The molecule has 0 saturated heterocycles. The fourth-order valence-electron chi connectivity index (χ4n) is 3.42. The van der Waals surface area contributed by atoms with Crippen molar-refractivity contribution >= 4 is 0 Å². The van der Waals surface area contributed by atoms with Gasteiger partial charge in [0.2, 0.25) is 0 Å². The van der Waals surface area contributed by atoms with Gasteiger partial charge in [0.25, 0.3) is 0 Å². The summed E-state index contributed by atoms with van der Waals surface area (Å²) in [6.07, 6.45) is 5.65. The summed E-state index contributed by atoms with van der Waals surface area (Å²) in [7, 11) is 2.30. The molecule has 1 aliphatic rings. The predicted molar refractivity (Wildman–Crippen MR) is 80.9 cm³/mol. The minimum atomic E-state index is 0.534. The van der Waals surface area contributed by atoms with Crippen LogP contribution in [0.2, 0.25) is 0 Å². The lowest BCUT2D eigenvalue weighted by molar-refractivity contribution is 0.0942. The molecule has 0 aromatic heterocycles. The van der Waals surface area contributed by atoms with Crippen LogP contribution < -0.4 is 5.32 Å². The Labute approximate surface area is 115 Å². The van der Waals surface area contributed by atoms with Gasteiger partial charge < -0.3 is 10.2 Å². The van der Waals surface area contributed by atoms with Crippen LogP contribution in [0.3, 0.4) is 0 Å². The molecular formula is C16H34N2. The number of nitrogens with one attached hydrogen (secondary N) is 1. The predicted octanol–water partition coefficient (Wildman–Crippen LogP) is 3.38.